The van der Waals surface area contributed by atoms with Crippen LogP contribution in [0.15, 0.2) is 33.3 Å². The number of carbonyl (C=O) groups excluding carboxylic acids is 2. The highest BCUT2D eigenvalue weighted by Gasteiger charge is 2.56. The van der Waals surface area contributed by atoms with Crippen LogP contribution in [0.1, 0.15) is 51.1 Å². The van der Waals surface area contributed by atoms with Crippen LogP contribution in [0.4, 0.5) is 0 Å². The zero-order chi connectivity index (χ0) is 23.7. The van der Waals surface area contributed by atoms with E-state index in [-0.39, 0.29) is 37.3 Å². The lowest BCUT2D eigenvalue weighted by atomic mass is 9.58. The van der Waals surface area contributed by atoms with Gasteiger partial charge in [-0.05, 0) is 74.2 Å². The smallest absolute Gasteiger partial charge is 0.455 e. The summed E-state index contributed by atoms with van der Waals surface area (Å²) in [5.74, 6) is -0.431. The highest BCUT2D eigenvalue weighted by molar-refractivity contribution is 6.43. The molecule has 2 saturated heterocycles. The van der Waals surface area contributed by atoms with Crippen LogP contribution in [-0.4, -0.2) is 58.3 Å². The molecule has 0 spiro atoms. The Bertz CT molecular complexity index is 968. The molecule has 3 heterocycles. The molecule has 1 aromatic heterocycles. The molecule has 1 aromatic rings. The molecule has 9 heteroatoms. The third kappa shape index (κ3) is 4.60. The first-order valence-corrected chi connectivity index (χ1v) is 11.8. The van der Waals surface area contributed by atoms with Crippen molar-refractivity contribution in [3.63, 3.8) is 0 Å². The Hall–Kier alpha value is -2.20. The molecule has 0 bridgehead atoms. The second-order valence-electron chi connectivity index (χ2n) is 9.29. The van der Waals surface area contributed by atoms with Crippen LogP contribution < -0.4 is 0 Å². The highest BCUT2D eigenvalue weighted by atomic mass is 16.5. The maximum atomic E-state index is 13.2. The minimum Gasteiger partial charge on any atom is -0.459 e. The summed E-state index contributed by atoms with van der Waals surface area (Å²) in [5, 5.41) is 29.8. The van der Waals surface area contributed by atoms with Gasteiger partial charge in [-0.2, -0.15) is 0 Å². The average Bonchev–Trinajstić information content (AvgIpc) is 3.34. The van der Waals surface area contributed by atoms with Crippen molar-refractivity contribution >= 4 is 25.0 Å². The van der Waals surface area contributed by atoms with Gasteiger partial charge in [-0.1, -0.05) is 12.5 Å². The van der Waals surface area contributed by atoms with Gasteiger partial charge < -0.3 is 24.3 Å². The van der Waals surface area contributed by atoms with Gasteiger partial charge in [-0.15, -0.1) is 0 Å². The Morgan fingerprint density at radius 3 is 2.67 bits per heavy atom. The molecule has 0 radical (unpaired) electrons. The molecular weight excluding hydrogens is 425 g/mol. The maximum Gasteiger partial charge on any atom is 0.455 e. The average molecular weight is 457 g/mol. The number of fused-ring (bicyclic) bond motifs is 3. The number of likely N-dealkylation sites (tertiary alicyclic amines) is 1. The van der Waals surface area contributed by atoms with Gasteiger partial charge in [0.2, 0.25) is 11.8 Å². The number of rotatable bonds is 8. The van der Waals surface area contributed by atoms with Gasteiger partial charge in [-0.25, -0.2) is 0 Å². The van der Waals surface area contributed by atoms with E-state index >= 15 is 0 Å². The van der Waals surface area contributed by atoms with Crippen molar-refractivity contribution in [3.05, 3.63) is 40.4 Å². The number of carbonyl (C=O) groups is 2. The van der Waals surface area contributed by atoms with E-state index in [0.717, 1.165) is 16.7 Å². The van der Waals surface area contributed by atoms with Crippen molar-refractivity contribution in [1.29, 1.82) is 0 Å². The standard InChI is InChI=1S/C24H32BNO7/c1-3-8-26-23(29)18-10-15(12-27)21-19(22(18)24(26)30)11-25(31)33-20(21)7-4-14(2)9-16-5-6-17(13-28)32-16/h5-6,9,18-20,22,27-28,31H,3-4,7-8,10-13H2,1-2H3/b14-9+/t18-,19+,20-,22-/m1/s1. The van der Waals surface area contributed by atoms with Crippen LogP contribution in [-0.2, 0) is 20.9 Å². The molecular formula is C24H32BNO7. The number of hydrogen-bond acceptors (Lipinski definition) is 7. The Morgan fingerprint density at radius 1 is 1.21 bits per heavy atom. The van der Waals surface area contributed by atoms with Crippen LogP contribution in [0.2, 0.25) is 6.32 Å². The second-order valence-corrected chi connectivity index (χ2v) is 9.29. The number of allylic oxidation sites excluding steroid dienone is 1. The number of furan rings is 1. The lowest BCUT2D eigenvalue weighted by molar-refractivity contribution is -0.140. The molecule has 4 atom stereocenters. The Kier molecular flexibility index (Phi) is 7.23. The summed E-state index contributed by atoms with van der Waals surface area (Å²) >= 11 is 0. The van der Waals surface area contributed by atoms with Gasteiger partial charge in [0.25, 0.3) is 0 Å². The SMILES string of the molecule is CCCN1C(=O)[C@@H]2[C@@H](CC(CO)=C3[C@@H](CC/C(C)=C/c4ccc(CO)o4)OB(O)C[C@@H]32)C1=O. The van der Waals surface area contributed by atoms with Crippen LogP contribution >= 0.6 is 0 Å². The third-order valence-electron chi connectivity index (χ3n) is 7.07. The number of nitrogens with zero attached hydrogens (tertiary/aromatic N) is 1. The molecule has 8 nitrogen and oxygen atoms in total. The summed E-state index contributed by atoms with van der Waals surface area (Å²) in [4.78, 5) is 27.4. The molecule has 0 unspecified atom stereocenters. The van der Waals surface area contributed by atoms with Crippen molar-refractivity contribution in [2.75, 3.05) is 13.2 Å². The normalized spacial score (nSPS) is 28.0. The third-order valence-corrected chi connectivity index (χ3v) is 7.07. The minimum atomic E-state index is -1.02. The van der Waals surface area contributed by atoms with E-state index in [1.807, 2.05) is 19.9 Å². The van der Waals surface area contributed by atoms with Crippen LogP contribution in [0.25, 0.3) is 6.08 Å². The monoisotopic (exact) mass is 457 g/mol. The Labute approximate surface area is 194 Å². The number of imide groups is 1. The van der Waals surface area contributed by atoms with Gasteiger partial charge in [0, 0.05) is 6.54 Å². The molecule has 1 aliphatic carbocycles. The zero-order valence-electron chi connectivity index (χ0n) is 19.2. The largest absolute Gasteiger partial charge is 0.459 e. The first-order chi connectivity index (χ1) is 15.9. The molecule has 0 saturated carbocycles. The molecule has 4 rings (SSSR count). The van der Waals surface area contributed by atoms with Gasteiger partial charge >= 0.3 is 7.12 Å². The number of amides is 2. The summed E-state index contributed by atoms with van der Waals surface area (Å²) in [7, 11) is -1.02. The van der Waals surface area contributed by atoms with Crippen molar-refractivity contribution in [1.82, 2.24) is 4.90 Å². The molecule has 3 aliphatic rings. The Balaban J connectivity index is 1.56. The summed E-state index contributed by atoms with van der Waals surface area (Å²) in [6, 6.07) is 3.52. The molecule has 2 fully saturated rings. The zero-order valence-corrected chi connectivity index (χ0v) is 19.2. The lowest BCUT2D eigenvalue weighted by Gasteiger charge is -2.42. The quantitative estimate of drug-likeness (QED) is 0.311. The lowest BCUT2D eigenvalue weighted by Crippen LogP contribution is -2.46. The fourth-order valence-electron chi connectivity index (χ4n) is 5.65. The van der Waals surface area contributed by atoms with Gasteiger partial charge in [0.1, 0.15) is 18.1 Å². The summed E-state index contributed by atoms with van der Waals surface area (Å²) < 4.78 is 11.4. The molecule has 2 amide bonds. The van der Waals surface area contributed by atoms with Crippen molar-refractivity contribution in [2.45, 2.75) is 58.6 Å². The molecule has 33 heavy (non-hydrogen) atoms. The first kappa shape index (κ1) is 23.9. The van der Waals surface area contributed by atoms with Crippen LogP contribution in [0.5, 0.6) is 0 Å². The fourth-order valence-corrected chi connectivity index (χ4v) is 5.65. The van der Waals surface area contributed by atoms with Gasteiger partial charge in [0.05, 0.1) is 24.5 Å². The minimum absolute atomic E-state index is 0.154. The van der Waals surface area contributed by atoms with Crippen molar-refractivity contribution in [3.8, 4) is 0 Å². The number of aliphatic hydroxyl groups is 2. The van der Waals surface area contributed by atoms with E-state index < -0.39 is 25.1 Å². The molecule has 2 aliphatic heterocycles. The Morgan fingerprint density at radius 2 is 2.00 bits per heavy atom. The predicted octanol–water partition coefficient (Wildman–Crippen LogP) is 2.15. The van der Waals surface area contributed by atoms with Crippen molar-refractivity contribution in [2.24, 2.45) is 17.8 Å². The molecule has 178 valence electrons. The number of aliphatic hydroxyl groups excluding tert-OH is 2. The maximum absolute atomic E-state index is 13.2. The molecule has 0 aromatic carbocycles. The van der Waals surface area contributed by atoms with E-state index in [1.165, 1.54) is 4.90 Å². The van der Waals surface area contributed by atoms with E-state index in [2.05, 4.69) is 0 Å². The van der Waals surface area contributed by atoms with E-state index in [9.17, 15) is 19.7 Å². The molecule has 3 N–H and O–H groups in total. The van der Waals surface area contributed by atoms with Gasteiger partial charge in [0.15, 0.2) is 0 Å². The van der Waals surface area contributed by atoms with Crippen molar-refractivity contribution < 1.29 is 33.9 Å². The topological polar surface area (TPSA) is 120 Å². The first-order valence-electron chi connectivity index (χ1n) is 11.8. The van der Waals surface area contributed by atoms with Crippen LogP contribution in [0.3, 0.4) is 0 Å². The van der Waals surface area contributed by atoms with E-state index in [1.54, 1.807) is 12.1 Å². The van der Waals surface area contributed by atoms with Crippen LogP contribution in [0, 0.1) is 17.8 Å². The summed E-state index contributed by atoms with van der Waals surface area (Å²) in [6.45, 7) is 3.96. The van der Waals surface area contributed by atoms with Gasteiger partial charge in [-0.3, -0.25) is 14.5 Å². The van der Waals surface area contributed by atoms with E-state index in [0.29, 0.717) is 43.7 Å². The van der Waals surface area contributed by atoms with E-state index in [4.69, 9.17) is 14.2 Å². The highest BCUT2D eigenvalue weighted by Crippen LogP contribution is 2.50. The second kappa shape index (κ2) is 9.97. The fraction of sp³-hybridized carbons (Fsp3) is 0.583. The predicted molar refractivity (Wildman–Crippen MR) is 121 cm³/mol. The summed E-state index contributed by atoms with van der Waals surface area (Å²) in [5.41, 5.74) is 2.69. The number of hydrogen-bond donors (Lipinski definition) is 3. The summed E-state index contributed by atoms with van der Waals surface area (Å²) in [6.07, 6.45) is 4.00.